The highest BCUT2D eigenvalue weighted by Gasteiger charge is 2.10. The molecule has 0 atom stereocenters. The smallest absolute Gasteiger partial charge is 0.341 e. The van der Waals surface area contributed by atoms with Crippen molar-refractivity contribution in [2.75, 3.05) is 30.1 Å². The first-order chi connectivity index (χ1) is 9.54. The lowest BCUT2D eigenvalue weighted by Crippen LogP contribution is -2.28. The van der Waals surface area contributed by atoms with Gasteiger partial charge in [0.15, 0.2) is 6.61 Å². The Bertz CT molecular complexity index is 447. The maximum absolute atomic E-state index is 11.9. The number of hydrogen-bond donors (Lipinski definition) is 1. The molecule has 0 heterocycles. The molecule has 1 N–H and O–H groups in total. The summed E-state index contributed by atoms with van der Waals surface area (Å²) >= 11 is 1.62. The molecule has 1 amide bonds. The third kappa shape index (κ3) is 5.52. The molecule has 1 aromatic rings. The van der Waals surface area contributed by atoms with Gasteiger partial charge in [-0.1, -0.05) is 6.92 Å². The van der Waals surface area contributed by atoms with Crippen LogP contribution in [0.4, 0.5) is 5.69 Å². The van der Waals surface area contributed by atoms with Crippen LogP contribution in [0.25, 0.3) is 0 Å². The molecule has 0 bridgehead atoms. The third-order valence-electron chi connectivity index (χ3n) is 2.53. The maximum atomic E-state index is 11.9. The fraction of sp³-hybridized carbons (Fsp3) is 0.429. The van der Waals surface area contributed by atoms with Gasteiger partial charge in [0.1, 0.15) is 5.75 Å². The molecule has 5 nitrogen and oxygen atoms in total. The summed E-state index contributed by atoms with van der Waals surface area (Å²) in [6, 6.07) is 6.78. The third-order valence-corrected chi connectivity index (χ3v) is 3.68. The summed E-state index contributed by atoms with van der Waals surface area (Å²) in [5.41, 5.74) is 0.759. The van der Waals surface area contributed by atoms with Crippen LogP contribution >= 0.6 is 11.8 Å². The lowest BCUT2D eigenvalue weighted by molar-refractivity contribution is -0.139. The standard InChI is InChI=1S/C14H19NO4S/c1-3-8-20-10-13(16)15(2)11-4-6-12(7-5-11)19-9-14(17)18/h4-7H,3,8-10H2,1-2H3,(H,17,18). The fourth-order valence-electron chi connectivity index (χ4n) is 1.46. The molecule has 0 aliphatic carbocycles. The van der Waals surface area contributed by atoms with E-state index in [0.29, 0.717) is 11.5 Å². The summed E-state index contributed by atoms with van der Waals surface area (Å²) in [7, 11) is 1.72. The number of ether oxygens (including phenoxy) is 1. The number of amides is 1. The Morgan fingerprint density at radius 2 is 1.95 bits per heavy atom. The van der Waals surface area contributed by atoms with Crippen LogP contribution in [0, 0.1) is 0 Å². The molecule has 6 heteroatoms. The van der Waals surface area contributed by atoms with Crippen molar-refractivity contribution in [3.63, 3.8) is 0 Å². The second-order valence-corrected chi connectivity index (χ2v) is 5.29. The minimum atomic E-state index is -1.02. The molecule has 0 spiro atoms. The minimum Gasteiger partial charge on any atom is -0.482 e. The summed E-state index contributed by atoms with van der Waals surface area (Å²) < 4.78 is 5.03. The number of benzene rings is 1. The number of rotatable bonds is 8. The number of aliphatic carboxylic acids is 1. The number of carboxylic acid groups (broad SMARTS) is 1. The zero-order valence-electron chi connectivity index (χ0n) is 11.7. The van der Waals surface area contributed by atoms with E-state index in [1.807, 2.05) is 0 Å². The lowest BCUT2D eigenvalue weighted by Gasteiger charge is -2.17. The van der Waals surface area contributed by atoms with Gasteiger partial charge in [0, 0.05) is 12.7 Å². The number of carbonyl (C=O) groups is 2. The molecule has 0 aliphatic rings. The summed E-state index contributed by atoms with van der Waals surface area (Å²) in [5.74, 6) is 0.928. The number of carboxylic acids is 1. The molecular weight excluding hydrogens is 278 g/mol. The van der Waals surface area contributed by atoms with E-state index in [1.54, 1.807) is 48.0 Å². The average molecular weight is 297 g/mol. The van der Waals surface area contributed by atoms with Gasteiger partial charge in [0.25, 0.3) is 0 Å². The van der Waals surface area contributed by atoms with Crippen molar-refractivity contribution in [3.05, 3.63) is 24.3 Å². The number of carbonyl (C=O) groups excluding carboxylic acids is 1. The van der Waals surface area contributed by atoms with Crippen molar-refractivity contribution in [2.45, 2.75) is 13.3 Å². The molecular formula is C14H19NO4S. The van der Waals surface area contributed by atoms with Gasteiger partial charge in [0.05, 0.1) is 5.75 Å². The number of hydrogen-bond acceptors (Lipinski definition) is 4. The van der Waals surface area contributed by atoms with Crippen molar-refractivity contribution >= 4 is 29.3 Å². The molecule has 0 saturated heterocycles. The monoisotopic (exact) mass is 297 g/mol. The molecule has 0 saturated carbocycles. The quantitative estimate of drug-likeness (QED) is 0.745. The maximum Gasteiger partial charge on any atom is 0.341 e. The Morgan fingerprint density at radius 3 is 2.50 bits per heavy atom. The first-order valence-corrected chi connectivity index (χ1v) is 7.49. The topological polar surface area (TPSA) is 66.8 Å². The van der Waals surface area contributed by atoms with Crippen molar-refractivity contribution in [1.82, 2.24) is 0 Å². The SMILES string of the molecule is CCCSCC(=O)N(C)c1ccc(OCC(=O)O)cc1. The Balaban J connectivity index is 2.54. The van der Waals surface area contributed by atoms with Crippen LogP contribution in [-0.2, 0) is 9.59 Å². The van der Waals surface area contributed by atoms with Crippen LogP contribution in [0.5, 0.6) is 5.75 Å². The van der Waals surface area contributed by atoms with Crippen LogP contribution < -0.4 is 9.64 Å². The molecule has 1 rings (SSSR count). The second-order valence-electron chi connectivity index (χ2n) is 4.18. The summed E-state index contributed by atoms with van der Waals surface area (Å²) in [6.07, 6.45) is 1.05. The van der Waals surface area contributed by atoms with Crippen molar-refractivity contribution < 1.29 is 19.4 Å². The van der Waals surface area contributed by atoms with Gasteiger partial charge >= 0.3 is 5.97 Å². The van der Waals surface area contributed by atoms with Crippen LogP contribution in [0.15, 0.2) is 24.3 Å². The minimum absolute atomic E-state index is 0.0441. The number of thioether (sulfide) groups is 1. The predicted octanol–water partition coefficient (Wildman–Crippen LogP) is 2.26. The first-order valence-electron chi connectivity index (χ1n) is 6.33. The van der Waals surface area contributed by atoms with E-state index >= 15 is 0 Å². The Hall–Kier alpha value is -1.69. The van der Waals surface area contributed by atoms with E-state index in [2.05, 4.69) is 6.92 Å². The van der Waals surface area contributed by atoms with Gasteiger partial charge in [-0.25, -0.2) is 4.79 Å². The zero-order valence-corrected chi connectivity index (χ0v) is 12.5. The van der Waals surface area contributed by atoms with Crippen molar-refractivity contribution in [1.29, 1.82) is 0 Å². The predicted molar refractivity (Wildman–Crippen MR) is 80.6 cm³/mol. The highest BCUT2D eigenvalue weighted by molar-refractivity contribution is 7.99. The van der Waals surface area contributed by atoms with E-state index in [1.165, 1.54) is 0 Å². The molecule has 110 valence electrons. The molecule has 0 aromatic heterocycles. The van der Waals surface area contributed by atoms with Crippen LogP contribution in [0.1, 0.15) is 13.3 Å². The Kier molecular flexibility index (Phi) is 6.93. The normalized spacial score (nSPS) is 10.1. The number of anilines is 1. The summed E-state index contributed by atoms with van der Waals surface area (Å²) in [6.45, 7) is 1.71. The molecule has 0 fully saturated rings. The molecule has 20 heavy (non-hydrogen) atoms. The van der Waals surface area contributed by atoms with Gasteiger partial charge in [-0.2, -0.15) is 11.8 Å². The fourth-order valence-corrected chi connectivity index (χ4v) is 2.26. The Morgan fingerprint density at radius 1 is 1.30 bits per heavy atom. The molecule has 0 radical (unpaired) electrons. The summed E-state index contributed by atoms with van der Waals surface area (Å²) in [4.78, 5) is 23.9. The van der Waals surface area contributed by atoms with Gasteiger partial charge in [-0.05, 0) is 36.4 Å². The summed E-state index contributed by atoms with van der Waals surface area (Å²) in [5, 5.41) is 8.51. The van der Waals surface area contributed by atoms with E-state index in [4.69, 9.17) is 9.84 Å². The largest absolute Gasteiger partial charge is 0.482 e. The second kappa shape index (κ2) is 8.47. The molecule has 0 unspecified atom stereocenters. The van der Waals surface area contributed by atoms with Gasteiger partial charge in [-0.3, -0.25) is 4.79 Å². The first kappa shape index (κ1) is 16.4. The van der Waals surface area contributed by atoms with Crippen LogP contribution in [0.2, 0.25) is 0 Å². The average Bonchev–Trinajstić information content (AvgIpc) is 2.45. The zero-order chi connectivity index (χ0) is 15.0. The van der Waals surface area contributed by atoms with E-state index in [9.17, 15) is 9.59 Å². The Labute approximate surface area is 122 Å². The van der Waals surface area contributed by atoms with E-state index in [0.717, 1.165) is 17.9 Å². The number of nitrogens with zero attached hydrogens (tertiary/aromatic N) is 1. The highest BCUT2D eigenvalue weighted by atomic mass is 32.2. The molecule has 0 aliphatic heterocycles. The van der Waals surface area contributed by atoms with Crippen LogP contribution in [-0.4, -0.2) is 42.1 Å². The van der Waals surface area contributed by atoms with Gasteiger partial charge in [0.2, 0.25) is 5.91 Å². The highest BCUT2D eigenvalue weighted by Crippen LogP contribution is 2.19. The lowest BCUT2D eigenvalue weighted by atomic mass is 10.3. The van der Waals surface area contributed by atoms with E-state index in [-0.39, 0.29) is 12.5 Å². The van der Waals surface area contributed by atoms with E-state index < -0.39 is 5.97 Å². The van der Waals surface area contributed by atoms with Crippen molar-refractivity contribution in [2.24, 2.45) is 0 Å². The molecule has 1 aromatic carbocycles. The van der Waals surface area contributed by atoms with Gasteiger partial charge < -0.3 is 14.7 Å². The van der Waals surface area contributed by atoms with Crippen molar-refractivity contribution in [3.8, 4) is 5.75 Å². The van der Waals surface area contributed by atoms with Crippen LogP contribution in [0.3, 0.4) is 0 Å². The van der Waals surface area contributed by atoms with Gasteiger partial charge in [-0.15, -0.1) is 0 Å².